The van der Waals surface area contributed by atoms with Crippen LogP contribution >= 0.6 is 24.0 Å². The number of amides is 1. The Hall–Kier alpha value is -1.97. The number of para-hydroxylation sites is 1. The van der Waals surface area contributed by atoms with Crippen LogP contribution in [0.4, 0.5) is 5.69 Å². The van der Waals surface area contributed by atoms with E-state index in [1.807, 2.05) is 31.3 Å². The largest absolute Gasteiger partial charge is 0.368 e. The highest BCUT2D eigenvalue weighted by Crippen LogP contribution is 2.36. The van der Waals surface area contributed by atoms with Gasteiger partial charge in [-0.05, 0) is 38.0 Å². The Morgan fingerprint density at radius 1 is 1.16 bits per heavy atom. The molecule has 0 aliphatic carbocycles. The van der Waals surface area contributed by atoms with Gasteiger partial charge < -0.3 is 10.2 Å². The first kappa shape index (κ1) is 19.4. The topological polar surface area (TPSA) is 32.3 Å². The Morgan fingerprint density at radius 2 is 1.80 bits per heavy atom. The molecule has 25 heavy (non-hydrogen) atoms. The molecule has 1 amide bonds. The maximum absolute atomic E-state index is 12.5. The minimum atomic E-state index is -0.183. The van der Waals surface area contributed by atoms with E-state index in [1.165, 1.54) is 5.56 Å². The summed E-state index contributed by atoms with van der Waals surface area (Å²) in [6.07, 6.45) is 2.60. The standard InChI is InChI=1S/C20H21ClN2O.ClH/c1-20(2)13-14-8-4-5-9-15(14)18(23(20)3)12-19(24)22-17-11-7-6-10-16(17)21;/h4-12H,13H2,1-3H3,(H,22,24);1H. The normalized spacial score (nSPS) is 16.8. The van der Waals surface area contributed by atoms with Gasteiger partial charge in [-0.25, -0.2) is 0 Å². The van der Waals surface area contributed by atoms with Crippen molar-refractivity contribution in [1.29, 1.82) is 0 Å². The van der Waals surface area contributed by atoms with E-state index in [1.54, 1.807) is 18.2 Å². The van der Waals surface area contributed by atoms with Crippen LogP contribution in [0.2, 0.25) is 5.02 Å². The number of rotatable bonds is 2. The maximum Gasteiger partial charge on any atom is 0.250 e. The van der Waals surface area contributed by atoms with Crippen molar-refractivity contribution < 1.29 is 4.79 Å². The number of nitrogens with one attached hydrogen (secondary N) is 1. The van der Waals surface area contributed by atoms with Crippen molar-refractivity contribution in [3.8, 4) is 0 Å². The fourth-order valence-corrected chi connectivity index (χ4v) is 3.23. The van der Waals surface area contributed by atoms with Crippen LogP contribution in [-0.4, -0.2) is 23.4 Å². The molecule has 0 radical (unpaired) electrons. The molecular formula is C20H22Cl2N2O. The van der Waals surface area contributed by atoms with Crippen molar-refractivity contribution >= 4 is 41.3 Å². The third-order valence-corrected chi connectivity index (χ3v) is 4.91. The highest BCUT2D eigenvalue weighted by molar-refractivity contribution is 6.33. The lowest BCUT2D eigenvalue weighted by molar-refractivity contribution is -0.111. The van der Waals surface area contributed by atoms with E-state index < -0.39 is 0 Å². The van der Waals surface area contributed by atoms with Gasteiger partial charge in [0.15, 0.2) is 0 Å². The van der Waals surface area contributed by atoms with Crippen LogP contribution in [0.1, 0.15) is 25.0 Å². The summed E-state index contributed by atoms with van der Waals surface area (Å²) in [5.41, 5.74) is 3.86. The molecule has 0 fully saturated rings. The molecular weight excluding hydrogens is 355 g/mol. The number of nitrogens with zero attached hydrogens (tertiary/aromatic N) is 1. The third kappa shape index (κ3) is 4.00. The Bertz CT molecular complexity index is 815. The number of hydrogen-bond donors (Lipinski definition) is 1. The molecule has 0 bridgehead atoms. The van der Waals surface area contributed by atoms with Crippen LogP contribution < -0.4 is 5.32 Å². The van der Waals surface area contributed by atoms with Gasteiger partial charge in [0.1, 0.15) is 0 Å². The van der Waals surface area contributed by atoms with Gasteiger partial charge in [0.2, 0.25) is 0 Å². The van der Waals surface area contributed by atoms with Crippen LogP contribution in [0.3, 0.4) is 0 Å². The highest BCUT2D eigenvalue weighted by Gasteiger charge is 2.33. The summed E-state index contributed by atoms with van der Waals surface area (Å²) in [6.45, 7) is 4.37. The fourth-order valence-electron chi connectivity index (χ4n) is 3.05. The molecule has 3 nitrogen and oxygen atoms in total. The van der Waals surface area contributed by atoms with Crippen LogP contribution in [-0.2, 0) is 11.2 Å². The third-order valence-electron chi connectivity index (χ3n) is 4.59. The van der Waals surface area contributed by atoms with E-state index >= 15 is 0 Å². The Morgan fingerprint density at radius 3 is 2.52 bits per heavy atom. The van der Waals surface area contributed by atoms with Crippen LogP contribution in [0.5, 0.6) is 0 Å². The molecule has 1 N–H and O–H groups in total. The lowest BCUT2D eigenvalue weighted by Crippen LogP contribution is -2.45. The molecule has 0 saturated heterocycles. The Balaban J connectivity index is 0.00000225. The van der Waals surface area contributed by atoms with Gasteiger partial charge in [-0.2, -0.15) is 0 Å². The zero-order valence-electron chi connectivity index (χ0n) is 14.5. The molecule has 5 heteroatoms. The molecule has 0 saturated carbocycles. The summed E-state index contributed by atoms with van der Waals surface area (Å²) in [7, 11) is 2.03. The molecule has 0 unspecified atom stereocenters. The smallest absolute Gasteiger partial charge is 0.250 e. The Kier molecular flexibility index (Phi) is 5.81. The molecule has 1 aliphatic heterocycles. The Labute approximate surface area is 160 Å². The number of carbonyl (C=O) groups is 1. The summed E-state index contributed by atoms with van der Waals surface area (Å²) < 4.78 is 0. The van der Waals surface area contributed by atoms with Gasteiger partial charge in [0.05, 0.1) is 10.7 Å². The van der Waals surface area contributed by atoms with Crippen LogP contribution in [0.25, 0.3) is 5.70 Å². The van der Waals surface area contributed by atoms with Gasteiger partial charge in [-0.3, -0.25) is 4.79 Å². The van der Waals surface area contributed by atoms with Crippen LogP contribution in [0, 0.1) is 0 Å². The first-order chi connectivity index (χ1) is 11.4. The molecule has 0 spiro atoms. The quantitative estimate of drug-likeness (QED) is 0.747. The second-order valence-electron chi connectivity index (χ2n) is 6.70. The predicted octanol–water partition coefficient (Wildman–Crippen LogP) is 5.01. The van der Waals surface area contributed by atoms with Gasteiger partial charge in [0.25, 0.3) is 5.91 Å². The first-order valence-corrected chi connectivity index (χ1v) is 8.35. The SMILES string of the molecule is CN1C(=CC(=O)Nc2ccccc2Cl)c2ccccc2CC1(C)C.Cl. The summed E-state index contributed by atoms with van der Waals surface area (Å²) in [5, 5.41) is 3.39. The number of fused-ring (bicyclic) bond motifs is 1. The number of likely N-dealkylation sites (N-methyl/N-ethyl adjacent to an activating group) is 1. The molecule has 1 heterocycles. The van der Waals surface area contributed by atoms with Gasteiger partial charge >= 0.3 is 0 Å². The number of carbonyl (C=O) groups excluding carboxylic acids is 1. The molecule has 132 valence electrons. The monoisotopic (exact) mass is 376 g/mol. The highest BCUT2D eigenvalue weighted by atomic mass is 35.5. The van der Waals surface area contributed by atoms with Crippen molar-refractivity contribution in [1.82, 2.24) is 4.90 Å². The zero-order chi connectivity index (χ0) is 17.3. The second kappa shape index (κ2) is 7.51. The van der Waals surface area contributed by atoms with E-state index in [9.17, 15) is 4.79 Å². The van der Waals surface area contributed by atoms with E-state index in [2.05, 4.69) is 36.2 Å². The maximum atomic E-state index is 12.5. The average molecular weight is 377 g/mol. The second-order valence-corrected chi connectivity index (χ2v) is 7.11. The number of benzene rings is 2. The lowest BCUT2D eigenvalue weighted by Gasteiger charge is -2.44. The van der Waals surface area contributed by atoms with Gasteiger partial charge in [0, 0.05) is 29.9 Å². The molecule has 3 rings (SSSR count). The predicted molar refractivity (Wildman–Crippen MR) is 107 cm³/mol. The van der Waals surface area contributed by atoms with Gasteiger partial charge in [-0.1, -0.05) is 48.0 Å². The lowest BCUT2D eigenvalue weighted by atomic mass is 9.84. The fraction of sp³-hybridized carbons (Fsp3) is 0.250. The zero-order valence-corrected chi connectivity index (χ0v) is 16.1. The van der Waals surface area contributed by atoms with Crippen molar-refractivity contribution in [2.24, 2.45) is 0 Å². The van der Waals surface area contributed by atoms with E-state index in [-0.39, 0.29) is 23.9 Å². The number of hydrogen-bond acceptors (Lipinski definition) is 2. The minimum absolute atomic E-state index is 0. The van der Waals surface area contributed by atoms with Crippen molar-refractivity contribution in [2.45, 2.75) is 25.8 Å². The summed E-state index contributed by atoms with van der Waals surface area (Å²) in [5.74, 6) is -0.183. The van der Waals surface area contributed by atoms with Crippen LogP contribution in [0.15, 0.2) is 54.6 Å². The number of halogens is 2. The molecule has 1 aliphatic rings. The van der Waals surface area contributed by atoms with E-state index in [4.69, 9.17) is 11.6 Å². The minimum Gasteiger partial charge on any atom is -0.368 e. The van der Waals surface area contributed by atoms with Crippen molar-refractivity contribution in [2.75, 3.05) is 12.4 Å². The van der Waals surface area contributed by atoms with Crippen molar-refractivity contribution in [3.63, 3.8) is 0 Å². The van der Waals surface area contributed by atoms with Gasteiger partial charge in [-0.15, -0.1) is 12.4 Å². The molecule has 0 aromatic heterocycles. The summed E-state index contributed by atoms with van der Waals surface area (Å²) >= 11 is 6.12. The first-order valence-electron chi connectivity index (χ1n) is 7.98. The summed E-state index contributed by atoms with van der Waals surface area (Å²) in [4.78, 5) is 14.7. The van der Waals surface area contributed by atoms with Crippen molar-refractivity contribution in [3.05, 3.63) is 70.8 Å². The average Bonchev–Trinajstić information content (AvgIpc) is 2.54. The molecule has 0 atom stereocenters. The summed E-state index contributed by atoms with van der Waals surface area (Å²) in [6, 6.07) is 15.5. The molecule has 2 aromatic rings. The van der Waals surface area contributed by atoms with E-state index in [0.717, 1.165) is 17.7 Å². The van der Waals surface area contributed by atoms with E-state index in [0.29, 0.717) is 10.7 Å². The number of anilines is 1. The molecule has 2 aromatic carbocycles.